The van der Waals surface area contributed by atoms with Gasteiger partial charge in [-0.3, -0.25) is 0 Å². The van der Waals surface area contributed by atoms with Crippen molar-refractivity contribution in [3.05, 3.63) is 229 Å². The summed E-state index contributed by atoms with van der Waals surface area (Å²) in [6.45, 7) is 9.52. The van der Waals surface area contributed by atoms with Gasteiger partial charge in [0, 0.05) is 34.1 Å². The van der Waals surface area contributed by atoms with Crippen LogP contribution in [0.15, 0.2) is 206 Å². The molecule has 12 aromatic carbocycles. The van der Waals surface area contributed by atoms with Gasteiger partial charge >= 0.3 is 0 Å². The van der Waals surface area contributed by atoms with E-state index >= 15 is 0 Å². The van der Waals surface area contributed by atoms with Crippen LogP contribution in [-0.2, 0) is 0 Å². The molecular weight excluding hydrogens is 866 g/mol. The molecule has 0 amide bonds. The van der Waals surface area contributed by atoms with Gasteiger partial charge in [-0.05, 0) is 194 Å². The van der Waals surface area contributed by atoms with Gasteiger partial charge in [0.1, 0.15) is 0 Å². The molecule has 12 aromatic rings. The number of nitrogens with zero attached hydrogens (tertiary/aromatic N) is 2. The predicted molar refractivity (Wildman–Crippen MR) is 310 cm³/mol. The van der Waals surface area contributed by atoms with Crippen LogP contribution in [0.1, 0.15) is 22.3 Å². The zero-order chi connectivity index (χ0) is 47.7. The normalized spacial score (nSPS) is 12.9. The van der Waals surface area contributed by atoms with Gasteiger partial charge in [0.05, 0.1) is 0 Å². The van der Waals surface area contributed by atoms with Gasteiger partial charge < -0.3 is 9.80 Å². The van der Waals surface area contributed by atoms with Crippen molar-refractivity contribution in [3.63, 3.8) is 0 Å². The highest BCUT2D eigenvalue weighted by atomic mass is 15.1. The minimum Gasteiger partial charge on any atom is -0.310 e. The van der Waals surface area contributed by atoms with Crippen molar-refractivity contribution < 1.29 is 0 Å². The average Bonchev–Trinajstić information content (AvgIpc) is 3.91. The molecule has 0 unspecified atom stereocenters. The van der Waals surface area contributed by atoms with Crippen molar-refractivity contribution in [2.45, 2.75) is 27.7 Å². The Hall–Kier alpha value is -8.59. The minimum atomic E-state index is 0.118. The minimum absolute atomic E-state index is 0.118. The van der Waals surface area contributed by atoms with E-state index in [1.165, 1.54) is 143 Å². The maximum Gasteiger partial charge on any atom is 0.244 e. The number of anilines is 6. The summed E-state index contributed by atoms with van der Waals surface area (Å²) in [4.78, 5) is 4.85. The second kappa shape index (κ2) is 14.5. The molecule has 4 aliphatic heterocycles. The van der Waals surface area contributed by atoms with E-state index < -0.39 is 0 Å². The fourth-order valence-electron chi connectivity index (χ4n) is 14.1. The summed E-state index contributed by atoms with van der Waals surface area (Å²) >= 11 is 0. The molecule has 0 bridgehead atoms. The maximum absolute atomic E-state index is 2.63. The molecule has 0 radical (unpaired) electrons. The quantitative estimate of drug-likeness (QED) is 0.121. The van der Waals surface area contributed by atoms with Gasteiger partial charge in [-0.2, -0.15) is 0 Å². The highest BCUT2D eigenvalue weighted by molar-refractivity contribution is 7.03. The molecule has 2 nitrogen and oxygen atoms in total. The van der Waals surface area contributed by atoms with E-state index in [9.17, 15) is 0 Å². The van der Waals surface area contributed by atoms with Gasteiger partial charge in [0.15, 0.2) is 0 Å². The molecule has 0 fully saturated rings. The largest absolute Gasteiger partial charge is 0.310 e. The van der Waals surface area contributed by atoms with Gasteiger partial charge in [-0.15, -0.1) is 0 Å². The van der Waals surface area contributed by atoms with Crippen LogP contribution in [0.5, 0.6) is 0 Å². The average molecular weight is 913 g/mol. The van der Waals surface area contributed by atoms with E-state index in [0.29, 0.717) is 0 Å². The lowest BCUT2D eigenvalue weighted by atomic mass is 9.34. The summed E-state index contributed by atoms with van der Waals surface area (Å²) in [7, 11) is 0. The van der Waals surface area contributed by atoms with Crippen molar-refractivity contribution in [3.8, 4) is 44.5 Å². The molecule has 334 valence electrons. The summed E-state index contributed by atoms with van der Waals surface area (Å²) in [5, 5.41) is 8.45. The molecule has 0 aromatic heterocycles. The van der Waals surface area contributed by atoms with Crippen molar-refractivity contribution >= 4 is 113 Å². The van der Waals surface area contributed by atoms with Crippen molar-refractivity contribution in [2.24, 2.45) is 0 Å². The van der Waals surface area contributed by atoms with E-state index in [4.69, 9.17) is 0 Å². The predicted octanol–water partition coefficient (Wildman–Crippen LogP) is 13.7. The topological polar surface area (TPSA) is 6.48 Å². The first-order chi connectivity index (χ1) is 35.4. The van der Waals surface area contributed by atoms with E-state index in [-0.39, 0.29) is 13.4 Å². The van der Waals surface area contributed by atoms with Gasteiger partial charge in [0.25, 0.3) is 0 Å². The number of rotatable bonds is 6. The van der Waals surface area contributed by atoms with Gasteiger partial charge in [-0.25, -0.2) is 0 Å². The third-order valence-corrected chi connectivity index (χ3v) is 16.9. The first-order valence-electron chi connectivity index (χ1n) is 25.6. The van der Waals surface area contributed by atoms with E-state index in [2.05, 4.69) is 244 Å². The summed E-state index contributed by atoms with van der Waals surface area (Å²) in [6.07, 6.45) is 0. The first kappa shape index (κ1) is 40.2. The second-order valence-corrected chi connectivity index (χ2v) is 21.0. The Morgan fingerprint density at radius 2 is 0.639 bits per heavy atom. The zero-order valence-corrected chi connectivity index (χ0v) is 40.7. The molecule has 4 heterocycles. The van der Waals surface area contributed by atoms with Crippen LogP contribution in [0.25, 0.3) is 76.8 Å². The number of fused-ring (bicyclic) bond motifs is 10. The second-order valence-electron chi connectivity index (χ2n) is 21.0. The van der Waals surface area contributed by atoms with E-state index in [0.717, 1.165) is 22.7 Å². The van der Waals surface area contributed by atoms with Crippen LogP contribution in [0.3, 0.4) is 0 Å². The summed E-state index contributed by atoms with van der Waals surface area (Å²) in [5.74, 6) is 0. The standard InChI is InChI=1S/C68H46B2N2/c1-39-25-27-59-51(29-39)57-35-48(72(45-21-13-7-14-22-45)46-23-15-8-16-24-46)36-58-54-33-42(4)50-37-61-63-53(32-41(3)49-38-62(69(59)68(57)58)64(54)66(50)65(49)63)56-31-40(2)30-55-52-34-47(26-28-60(52)70(61)67(55)56)71(43-17-9-5-10-18-43)44-19-11-6-12-20-44/h5-38H,1-4H3. The number of hydrogen-bond donors (Lipinski definition) is 0. The molecule has 0 saturated carbocycles. The van der Waals surface area contributed by atoms with E-state index in [1.807, 2.05) is 0 Å². The van der Waals surface area contributed by atoms with Crippen molar-refractivity contribution in [2.75, 3.05) is 9.80 Å². The van der Waals surface area contributed by atoms with Crippen LogP contribution in [-0.4, -0.2) is 13.4 Å². The molecule has 4 aliphatic rings. The zero-order valence-electron chi connectivity index (χ0n) is 40.7. The van der Waals surface area contributed by atoms with Crippen LogP contribution in [0.2, 0.25) is 0 Å². The van der Waals surface area contributed by atoms with Gasteiger partial charge in [0.2, 0.25) is 13.4 Å². The smallest absolute Gasteiger partial charge is 0.244 e. The monoisotopic (exact) mass is 912 g/mol. The Morgan fingerprint density at radius 1 is 0.264 bits per heavy atom. The molecular formula is C68H46B2N2. The van der Waals surface area contributed by atoms with Crippen molar-refractivity contribution in [1.29, 1.82) is 0 Å². The molecule has 16 rings (SSSR count). The molecule has 4 heteroatoms. The van der Waals surface area contributed by atoms with Crippen molar-refractivity contribution in [1.82, 2.24) is 0 Å². The lowest BCUT2D eigenvalue weighted by Crippen LogP contribution is -2.53. The highest BCUT2D eigenvalue weighted by Crippen LogP contribution is 2.50. The summed E-state index contributed by atoms with van der Waals surface area (Å²) in [6, 6.07) is 78.2. The Bertz CT molecular complexity index is 4240. The third kappa shape index (κ3) is 5.31. The highest BCUT2D eigenvalue weighted by Gasteiger charge is 2.45. The molecule has 0 saturated heterocycles. The van der Waals surface area contributed by atoms with E-state index in [1.54, 1.807) is 0 Å². The Labute approximate surface area is 421 Å². The third-order valence-electron chi connectivity index (χ3n) is 16.9. The fraction of sp³-hybridized carbons (Fsp3) is 0.0588. The maximum atomic E-state index is 2.63. The summed E-state index contributed by atoms with van der Waals surface area (Å²) in [5.41, 5.74) is 31.6. The van der Waals surface area contributed by atoms with Crippen LogP contribution < -0.4 is 42.6 Å². The Balaban J connectivity index is 0.975. The molecule has 0 aliphatic carbocycles. The summed E-state index contributed by atoms with van der Waals surface area (Å²) < 4.78 is 0. The molecule has 0 N–H and O–H groups in total. The molecule has 0 atom stereocenters. The van der Waals surface area contributed by atoms with Crippen LogP contribution in [0.4, 0.5) is 34.1 Å². The number of para-hydroxylation sites is 4. The first-order valence-corrected chi connectivity index (χ1v) is 25.6. The molecule has 0 spiro atoms. The number of hydrogen-bond acceptors (Lipinski definition) is 2. The lowest BCUT2D eigenvalue weighted by molar-refractivity contribution is 1.29. The van der Waals surface area contributed by atoms with Crippen LogP contribution in [0, 0.1) is 27.7 Å². The Kier molecular flexibility index (Phi) is 8.09. The fourth-order valence-corrected chi connectivity index (χ4v) is 14.1. The lowest BCUT2D eigenvalue weighted by Gasteiger charge is -2.33. The van der Waals surface area contributed by atoms with Gasteiger partial charge in [-0.1, -0.05) is 172 Å². The SMILES string of the molecule is Cc1ccc2c(c1)-c1cc(N(c3ccccc3)c3ccccc3)cc3c1B2c1cc2c(C)cc4c5c(cc6c(C)cc-3c1c6c25)B1c2ccc(N(c3ccccc3)c3ccccc3)cc2-c2cc(C)cc-4c21. The van der Waals surface area contributed by atoms with Crippen LogP contribution >= 0.6 is 0 Å². The molecule has 72 heavy (non-hydrogen) atoms. The number of aryl methyl sites for hydroxylation is 4. The number of benzene rings is 12. The Morgan fingerprint density at radius 3 is 1.12 bits per heavy atom.